The first-order chi connectivity index (χ1) is 12.1. The van der Waals surface area contributed by atoms with E-state index in [9.17, 15) is 9.90 Å². The van der Waals surface area contributed by atoms with Gasteiger partial charge in [0.2, 0.25) is 0 Å². The molecule has 0 saturated carbocycles. The topological polar surface area (TPSA) is 83.2 Å². The van der Waals surface area contributed by atoms with Crippen LogP contribution in [-0.2, 0) is 4.79 Å². The summed E-state index contributed by atoms with van der Waals surface area (Å²) < 4.78 is 1.65. The Hall–Kier alpha value is -2.41. The minimum atomic E-state index is -1.05. The minimum Gasteiger partial charge on any atom is -0.549 e. The molecule has 1 aromatic carbocycles. The summed E-state index contributed by atoms with van der Waals surface area (Å²) in [7, 11) is 0. The Morgan fingerprint density at radius 2 is 1.96 bits per heavy atom. The van der Waals surface area contributed by atoms with Crippen LogP contribution in [0.25, 0.3) is 17.0 Å². The lowest BCUT2D eigenvalue weighted by Crippen LogP contribution is -2.33. The molecular weight excluding hydrogens is 336 g/mol. The number of hydrogen-bond acceptors (Lipinski definition) is 6. The maximum atomic E-state index is 11.4. The van der Waals surface area contributed by atoms with Crippen molar-refractivity contribution in [3.8, 4) is 11.4 Å². The van der Waals surface area contributed by atoms with Gasteiger partial charge in [-0.3, -0.25) is 0 Å². The molecule has 130 valence electrons. The van der Waals surface area contributed by atoms with Gasteiger partial charge in [-0.05, 0) is 25.5 Å². The van der Waals surface area contributed by atoms with Crippen LogP contribution < -0.4 is 5.11 Å². The van der Waals surface area contributed by atoms with E-state index >= 15 is 0 Å². The van der Waals surface area contributed by atoms with Gasteiger partial charge in [0.25, 0.3) is 0 Å². The average Bonchev–Trinajstić information content (AvgIpc) is 3.02. The number of nitrogens with zero attached hydrogens (tertiary/aromatic N) is 4. The van der Waals surface area contributed by atoms with Crippen molar-refractivity contribution in [2.75, 3.05) is 0 Å². The molecule has 0 N–H and O–H groups in total. The molecule has 1 atom stereocenters. The van der Waals surface area contributed by atoms with Gasteiger partial charge in [-0.25, -0.2) is 0 Å². The molecular formula is C18H19N4O2S-. The predicted molar refractivity (Wildman–Crippen MR) is 95.1 cm³/mol. The van der Waals surface area contributed by atoms with Crippen molar-refractivity contribution >= 4 is 23.4 Å². The number of hydrogen-bond donors (Lipinski definition) is 0. The molecule has 0 bridgehead atoms. The zero-order chi connectivity index (χ0) is 17.8. The fourth-order valence-corrected chi connectivity index (χ4v) is 3.43. The highest BCUT2D eigenvalue weighted by Crippen LogP contribution is 2.26. The monoisotopic (exact) mass is 355 g/mol. The highest BCUT2D eigenvalue weighted by atomic mass is 32.2. The van der Waals surface area contributed by atoms with Crippen LogP contribution in [0.1, 0.15) is 31.7 Å². The Balaban J connectivity index is 1.92. The number of carboxylic acid groups (broad SMARTS) is 1. The highest BCUT2D eigenvalue weighted by Gasteiger charge is 2.15. The molecule has 0 saturated heterocycles. The second-order valence-corrected chi connectivity index (χ2v) is 7.12. The van der Waals surface area contributed by atoms with Gasteiger partial charge in [-0.15, -0.1) is 10.2 Å². The van der Waals surface area contributed by atoms with Crippen LogP contribution in [0.4, 0.5) is 0 Å². The summed E-state index contributed by atoms with van der Waals surface area (Å²) in [4.78, 5) is 11.4. The van der Waals surface area contributed by atoms with E-state index in [2.05, 4.69) is 15.3 Å². The van der Waals surface area contributed by atoms with Gasteiger partial charge >= 0.3 is 0 Å². The summed E-state index contributed by atoms with van der Waals surface area (Å²) in [5, 5.41) is 24.2. The lowest BCUT2D eigenvalue weighted by molar-refractivity contribution is -0.304. The fourth-order valence-electron chi connectivity index (χ4n) is 2.48. The maximum absolute atomic E-state index is 11.4. The molecule has 25 heavy (non-hydrogen) atoms. The third-order valence-electron chi connectivity index (χ3n) is 3.89. The third-order valence-corrected chi connectivity index (χ3v) is 5.07. The van der Waals surface area contributed by atoms with Crippen LogP contribution in [0, 0.1) is 6.92 Å². The molecule has 0 amide bonds. The summed E-state index contributed by atoms with van der Waals surface area (Å²) in [5.74, 6) is -0.418. The Bertz CT molecular complexity index is 876. The van der Waals surface area contributed by atoms with E-state index in [4.69, 9.17) is 0 Å². The predicted octanol–water partition coefficient (Wildman–Crippen LogP) is 2.50. The van der Waals surface area contributed by atoms with Crippen LogP contribution >= 0.6 is 11.8 Å². The summed E-state index contributed by atoms with van der Waals surface area (Å²) in [6, 6.07) is 11.5. The second-order valence-electron chi connectivity index (χ2n) is 5.90. The fraction of sp³-hybridized carbons (Fsp3) is 0.333. The highest BCUT2D eigenvalue weighted by molar-refractivity contribution is 8.00. The lowest BCUT2D eigenvalue weighted by atomic mass is 10.1. The Morgan fingerprint density at radius 1 is 1.20 bits per heavy atom. The number of aliphatic carboxylic acids is 1. The number of benzene rings is 1. The molecule has 0 spiro atoms. The Kier molecular flexibility index (Phi) is 5.33. The van der Waals surface area contributed by atoms with Gasteiger partial charge in [-0.1, -0.05) is 61.4 Å². The number of carbonyl (C=O) groups excluding carboxylic acids is 1. The van der Waals surface area contributed by atoms with Crippen molar-refractivity contribution in [3.05, 3.63) is 42.0 Å². The second kappa shape index (κ2) is 7.65. The SMILES string of the molecule is CCCC[C@H](Sc1ccc2nnc(-c3ccc(C)cc3)n2n1)C(=O)[O-]. The van der Waals surface area contributed by atoms with E-state index < -0.39 is 11.2 Å². The van der Waals surface area contributed by atoms with Gasteiger partial charge in [0.15, 0.2) is 11.5 Å². The molecule has 0 aliphatic heterocycles. The molecule has 2 heterocycles. The molecule has 6 nitrogen and oxygen atoms in total. The van der Waals surface area contributed by atoms with Crippen molar-refractivity contribution in [2.24, 2.45) is 0 Å². The van der Waals surface area contributed by atoms with Gasteiger partial charge in [-0.2, -0.15) is 9.61 Å². The van der Waals surface area contributed by atoms with E-state index in [1.54, 1.807) is 16.6 Å². The quantitative estimate of drug-likeness (QED) is 0.606. The van der Waals surface area contributed by atoms with Crippen LogP contribution in [0.5, 0.6) is 0 Å². The van der Waals surface area contributed by atoms with Gasteiger partial charge < -0.3 is 9.90 Å². The van der Waals surface area contributed by atoms with Gasteiger partial charge in [0.1, 0.15) is 5.03 Å². The molecule has 0 aliphatic carbocycles. The molecule has 0 radical (unpaired) electrons. The Labute approximate surface area is 150 Å². The zero-order valence-electron chi connectivity index (χ0n) is 14.2. The van der Waals surface area contributed by atoms with Crippen molar-refractivity contribution in [3.63, 3.8) is 0 Å². The standard InChI is InChI=1S/C18H20N4O2S/c1-3-4-5-14(18(23)24)25-16-11-10-15-19-20-17(22(15)21-16)13-8-6-12(2)7-9-13/h6-11,14H,3-5H2,1-2H3,(H,23,24)/p-1/t14-/m0/s1. The number of aromatic nitrogens is 4. The summed E-state index contributed by atoms with van der Waals surface area (Å²) >= 11 is 1.21. The van der Waals surface area contributed by atoms with Crippen molar-refractivity contribution in [1.29, 1.82) is 0 Å². The molecule has 2 aromatic heterocycles. The molecule has 0 aliphatic rings. The van der Waals surface area contributed by atoms with Crippen LogP contribution in [-0.4, -0.2) is 31.0 Å². The lowest BCUT2D eigenvalue weighted by Gasteiger charge is -2.16. The first-order valence-corrected chi connectivity index (χ1v) is 9.13. The number of aryl methyl sites for hydroxylation is 1. The van der Waals surface area contributed by atoms with Crippen LogP contribution in [0.2, 0.25) is 0 Å². The number of rotatable bonds is 7. The van der Waals surface area contributed by atoms with Crippen LogP contribution in [0.15, 0.2) is 41.4 Å². The zero-order valence-corrected chi connectivity index (χ0v) is 15.0. The first kappa shape index (κ1) is 17.4. The number of carbonyl (C=O) groups is 1. The first-order valence-electron chi connectivity index (χ1n) is 8.25. The smallest absolute Gasteiger partial charge is 0.185 e. The van der Waals surface area contributed by atoms with E-state index in [-0.39, 0.29) is 0 Å². The number of fused-ring (bicyclic) bond motifs is 1. The van der Waals surface area contributed by atoms with E-state index in [1.165, 1.54) is 11.8 Å². The summed E-state index contributed by atoms with van der Waals surface area (Å²) in [5.41, 5.74) is 2.70. The molecule has 0 fully saturated rings. The van der Waals surface area contributed by atoms with Crippen molar-refractivity contribution in [1.82, 2.24) is 19.8 Å². The summed E-state index contributed by atoms with van der Waals surface area (Å²) in [6.07, 6.45) is 2.35. The minimum absolute atomic E-state index is 0.566. The summed E-state index contributed by atoms with van der Waals surface area (Å²) in [6.45, 7) is 4.06. The molecule has 0 unspecified atom stereocenters. The molecule has 7 heteroatoms. The number of unbranched alkanes of at least 4 members (excludes halogenated alkanes) is 1. The van der Waals surface area contributed by atoms with E-state index in [1.807, 2.05) is 38.1 Å². The Morgan fingerprint density at radius 3 is 2.64 bits per heavy atom. The van der Waals surface area contributed by atoms with Crippen LogP contribution in [0.3, 0.4) is 0 Å². The van der Waals surface area contributed by atoms with Crippen molar-refractivity contribution in [2.45, 2.75) is 43.4 Å². The maximum Gasteiger partial charge on any atom is 0.185 e. The van der Waals surface area contributed by atoms with Crippen molar-refractivity contribution < 1.29 is 9.90 Å². The molecule has 3 rings (SSSR count). The van der Waals surface area contributed by atoms with Gasteiger partial charge in [0, 0.05) is 5.56 Å². The molecule has 3 aromatic rings. The normalized spacial score (nSPS) is 12.4. The van der Waals surface area contributed by atoms with E-state index in [0.717, 1.165) is 24.0 Å². The third kappa shape index (κ3) is 3.99. The number of carboxylic acids is 1. The number of thioether (sulfide) groups is 1. The largest absolute Gasteiger partial charge is 0.549 e. The average molecular weight is 355 g/mol. The van der Waals surface area contributed by atoms with Gasteiger partial charge in [0.05, 0.1) is 11.2 Å². The van der Waals surface area contributed by atoms with E-state index in [0.29, 0.717) is 22.9 Å².